The van der Waals surface area contributed by atoms with Gasteiger partial charge < -0.3 is 9.84 Å². The second-order valence-corrected chi connectivity index (χ2v) is 5.09. The second-order valence-electron chi connectivity index (χ2n) is 5.09. The fourth-order valence-electron chi connectivity index (χ4n) is 2.38. The van der Waals surface area contributed by atoms with E-state index in [-0.39, 0.29) is 6.10 Å². The van der Waals surface area contributed by atoms with E-state index in [0.717, 1.165) is 31.7 Å². The molecular weight excluding hydrogens is 240 g/mol. The fraction of sp³-hybridized carbons (Fsp3) is 0.667. The third-order valence-electron chi connectivity index (χ3n) is 3.77. The van der Waals surface area contributed by atoms with Gasteiger partial charge in [0.25, 0.3) is 0 Å². The van der Waals surface area contributed by atoms with E-state index in [1.165, 1.54) is 5.56 Å². The summed E-state index contributed by atoms with van der Waals surface area (Å²) < 4.78 is 5.67. The molecule has 106 valence electrons. The second kappa shape index (κ2) is 6.98. The van der Waals surface area contributed by atoms with Crippen molar-refractivity contribution in [2.75, 3.05) is 26.2 Å². The first-order valence-corrected chi connectivity index (χ1v) is 7.18. The van der Waals surface area contributed by atoms with Crippen LogP contribution in [0, 0.1) is 0 Å². The Bertz CT molecular complexity index is 380. The van der Waals surface area contributed by atoms with E-state index in [4.69, 9.17) is 4.74 Å². The predicted molar refractivity (Wildman–Crippen MR) is 75.2 cm³/mol. The zero-order chi connectivity index (χ0) is 13.7. The van der Waals surface area contributed by atoms with Crippen LogP contribution in [0.4, 0.5) is 0 Å². The van der Waals surface area contributed by atoms with Crippen LogP contribution < -0.4 is 0 Å². The minimum absolute atomic E-state index is 0.0960. The Morgan fingerprint density at radius 1 is 1.47 bits per heavy atom. The molecule has 1 fully saturated rings. The highest BCUT2D eigenvalue weighted by Gasteiger charge is 2.26. The minimum atomic E-state index is -0.477. The molecule has 2 unspecified atom stereocenters. The highest BCUT2D eigenvalue weighted by atomic mass is 16.5. The summed E-state index contributed by atoms with van der Waals surface area (Å²) in [5, 5.41) is 10.3. The largest absolute Gasteiger partial charge is 0.390 e. The van der Waals surface area contributed by atoms with Crippen LogP contribution in [-0.2, 0) is 17.6 Å². The number of aromatic nitrogens is 1. The quantitative estimate of drug-likeness (QED) is 0.870. The highest BCUT2D eigenvalue weighted by molar-refractivity contribution is 5.14. The van der Waals surface area contributed by atoms with Crippen LogP contribution >= 0.6 is 0 Å². The molecule has 2 rings (SSSR count). The number of aryl methyl sites for hydroxylation is 1. The van der Waals surface area contributed by atoms with E-state index in [2.05, 4.69) is 29.8 Å². The van der Waals surface area contributed by atoms with E-state index in [9.17, 15) is 5.11 Å². The molecule has 1 aliphatic rings. The zero-order valence-electron chi connectivity index (χ0n) is 11.9. The number of pyridine rings is 1. The number of morpholine rings is 1. The van der Waals surface area contributed by atoms with Crippen LogP contribution in [0.3, 0.4) is 0 Å². The van der Waals surface area contributed by atoms with Gasteiger partial charge in [-0.2, -0.15) is 0 Å². The average Bonchev–Trinajstić information content (AvgIpc) is 2.48. The smallest absolute Gasteiger partial charge is 0.0964 e. The topological polar surface area (TPSA) is 45.6 Å². The molecule has 0 aliphatic carbocycles. The lowest BCUT2D eigenvalue weighted by molar-refractivity contribution is -0.0869. The van der Waals surface area contributed by atoms with Gasteiger partial charge in [0.2, 0.25) is 0 Å². The van der Waals surface area contributed by atoms with E-state index < -0.39 is 6.10 Å². The fourth-order valence-corrected chi connectivity index (χ4v) is 2.38. The Balaban J connectivity index is 1.90. The van der Waals surface area contributed by atoms with Crippen molar-refractivity contribution < 1.29 is 9.84 Å². The molecule has 1 aromatic heterocycles. The third kappa shape index (κ3) is 4.00. The third-order valence-corrected chi connectivity index (χ3v) is 3.77. The number of hydrogen-bond donors (Lipinski definition) is 1. The molecule has 0 spiro atoms. The van der Waals surface area contributed by atoms with Crippen LogP contribution in [0.15, 0.2) is 18.3 Å². The Kier molecular flexibility index (Phi) is 5.31. The number of nitrogens with zero attached hydrogens (tertiary/aromatic N) is 2. The summed E-state index contributed by atoms with van der Waals surface area (Å²) in [7, 11) is 0. The molecule has 1 N–H and O–H groups in total. The van der Waals surface area contributed by atoms with Crippen LogP contribution in [0.5, 0.6) is 0 Å². The number of rotatable bonds is 5. The SMILES string of the molecule is CCc1ccc(CC(O)C2CN(CC)CCO2)nc1. The van der Waals surface area contributed by atoms with Gasteiger partial charge in [-0.3, -0.25) is 9.88 Å². The lowest BCUT2D eigenvalue weighted by Gasteiger charge is -2.34. The standard InChI is InChI=1S/C15H24N2O2/c1-3-12-5-6-13(16-10-12)9-14(18)15-11-17(4-2)7-8-19-15/h5-6,10,14-15,18H,3-4,7-9,11H2,1-2H3. The Morgan fingerprint density at radius 3 is 2.95 bits per heavy atom. The first-order valence-electron chi connectivity index (χ1n) is 7.18. The van der Waals surface area contributed by atoms with E-state index in [0.29, 0.717) is 13.0 Å². The average molecular weight is 264 g/mol. The first-order chi connectivity index (χ1) is 9.22. The van der Waals surface area contributed by atoms with Crippen LogP contribution in [0.2, 0.25) is 0 Å². The van der Waals surface area contributed by atoms with E-state index in [1.807, 2.05) is 12.3 Å². The molecule has 1 aromatic rings. The number of ether oxygens (including phenoxy) is 1. The Hall–Kier alpha value is -0.970. The molecule has 2 atom stereocenters. The highest BCUT2D eigenvalue weighted by Crippen LogP contribution is 2.13. The molecule has 1 aliphatic heterocycles. The molecule has 2 heterocycles. The molecule has 0 amide bonds. The predicted octanol–water partition coefficient (Wildman–Crippen LogP) is 1.27. The van der Waals surface area contributed by atoms with E-state index >= 15 is 0 Å². The summed E-state index contributed by atoms with van der Waals surface area (Å²) in [6.07, 6.45) is 2.87. The minimum Gasteiger partial charge on any atom is -0.390 e. The molecule has 1 saturated heterocycles. The van der Waals surface area contributed by atoms with Crippen LogP contribution in [-0.4, -0.2) is 53.4 Å². The summed E-state index contributed by atoms with van der Waals surface area (Å²) in [6.45, 7) is 7.74. The van der Waals surface area contributed by atoms with Crippen LogP contribution in [0.1, 0.15) is 25.1 Å². The number of hydrogen-bond acceptors (Lipinski definition) is 4. The van der Waals surface area contributed by atoms with Crippen molar-refractivity contribution in [1.82, 2.24) is 9.88 Å². The van der Waals surface area contributed by atoms with Gasteiger partial charge in [-0.1, -0.05) is 19.9 Å². The summed E-state index contributed by atoms with van der Waals surface area (Å²) in [4.78, 5) is 6.70. The van der Waals surface area contributed by atoms with Gasteiger partial charge in [0.15, 0.2) is 0 Å². The Labute approximate surface area is 115 Å². The van der Waals surface area contributed by atoms with Crippen LogP contribution in [0.25, 0.3) is 0 Å². The molecule has 0 aromatic carbocycles. The maximum absolute atomic E-state index is 10.3. The molecular formula is C15H24N2O2. The number of aliphatic hydroxyl groups is 1. The number of aliphatic hydroxyl groups excluding tert-OH is 1. The summed E-state index contributed by atoms with van der Waals surface area (Å²) in [5.74, 6) is 0. The van der Waals surface area contributed by atoms with Gasteiger partial charge in [0, 0.05) is 31.4 Å². The molecule has 0 saturated carbocycles. The van der Waals surface area contributed by atoms with Gasteiger partial charge in [0.05, 0.1) is 18.8 Å². The first kappa shape index (κ1) is 14.4. The van der Waals surface area contributed by atoms with Crippen molar-refractivity contribution >= 4 is 0 Å². The normalized spacial score (nSPS) is 22.4. The molecule has 19 heavy (non-hydrogen) atoms. The zero-order valence-corrected chi connectivity index (χ0v) is 11.9. The van der Waals surface area contributed by atoms with Crippen molar-refractivity contribution in [3.8, 4) is 0 Å². The van der Waals surface area contributed by atoms with Crippen molar-refractivity contribution in [2.24, 2.45) is 0 Å². The van der Waals surface area contributed by atoms with Crippen molar-refractivity contribution in [3.63, 3.8) is 0 Å². The molecule has 0 radical (unpaired) electrons. The van der Waals surface area contributed by atoms with Crippen molar-refractivity contribution in [1.29, 1.82) is 0 Å². The maximum atomic E-state index is 10.3. The van der Waals surface area contributed by atoms with Gasteiger partial charge in [-0.15, -0.1) is 0 Å². The number of likely N-dealkylation sites (N-methyl/N-ethyl adjacent to an activating group) is 1. The lowest BCUT2D eigenvalue weighted by Crippen LogP contribution is -2.48. The summed E-state index contributed by atoms with van der Waals surface area (Å²) in [5.41, 5.74) is 2.16. The van der Waals surface area contributed by atoms with E-state index in [1.54, 1.807) is 0 Å². The lowest BCUT2D eigenvalue weighted by atomic mass is 10.1. The summed E-state index contributed by atoms with van der Waals surface area (Å²) >= 11 is 0. The van der Waals surface area contributed by atoms with Gasteiger partial charge >= 0.3 is 0 Å². The van der Waals surface area contributed by atoms with Crippen molar-refractivity contribution in [2.45, 2.75) is 38.9 Å². The van der Waals surface area contributed by atoms with Gasteiger partial charge in [0.1, 0.15) is 0 Å². The van der Waals surface area contributed by atoms with Gasteiger partial charge in [-0.25, -0.2) is 0 Å². The maximum Gasteiger partial charge on any atom is 0.0964 e. The van der Waals surface area contributed by atoms with Crippen molar-refractivity contribution in [3.05, 3.63) is 29.6 Å². The molecule has 4 nitrogen and oxygen atoms in total. The Morgan fingerprint density at radius 2 is 2.32 bits per heavy atom. The monoisotopic (exact) mass is 264 g/mol. The summed E-state index contributed by atoms with van der Waals surface area (Å²) in [6, 6.07) is 4.08. The molecule has 0 bridgehead atoms. The van der Waals surface area contributed by atoms with Gasteiger partial charge in [-0.05, 0) is 24.6 Å². The molecule has 4 heteroatoms.